The highest BCUT2D eigenvalue weighted by molar-refractivity contribution is 5.41. The smallest absolute Gasteiger partial charge is 0.284 e. The topological polar surface area (TPSA) is 80.9 Å². The van der Waals surface area contributed by atoms with Crippen LogP contribution < -0.4 is 0 Å². The lowest BCUT2D eigenvalue weighted by Crippen LogP contribution is -2.61. The van der Waals surface area contributed by atoms with Crippen molar-refractivity contribution in [3.8, 4) is 0 Å². The fourth-order valence-electron chi connectivity index (χ4n) is 6.23. The highest BCUT2D eigenvalue weighted by Crippen LogP contribution is 2.65. The SMILES string of the molecule is C[C@]12C=CC=CC1=CC[C@@H]1[C@@H]2CC[C@]2(C(O)(O)O)C(O)CC[C@@H]12. The normalized spacial score (nSPS) is 48.5. The standard InChI is InChI=1S/C19H26O4/c1-17-10-3-2-4-12(17)5-6-13-14(17)9-11-18(19(21,22)23)15(13)7-8-16(18)20/h2-5,10,13-16,20-23H,6-9,11H2,1H3/t13-,14+,15+,16?,17+,18-/m1/s1. The molecule has 2 fully saturated rings. The Balaban J connectivity index is 1.77. The van der Waals surface area contributed by atoms with Crippen molar-refractivity contribution in [1.82, 2.24) is 0 Å². The lowest BCUT2D eigenvalue weighted by atomic mass is 9.48. The summed E-state index contributed by atoms with van der Waals surface area (Å²) in [7, 11) is 0. The fourth-order valence-corrected chi connectivity index (χ4v) is 6.23. The highest BCUT2D eigenvalue weighted by Gasteiger charge is 2.67. The van der Waals surface area contributed by atoms with Crippen molar-refractivity contribution < 1.29 is 20.4 Å². The molecule has 23 heavy (non-hydrogen) atoms. The van der Waals surface area contributed by atoms with Crippen LogP contribution in [0.1, 0.15) is 39.0 Å². The molecule has 4 nitrogen and oxygen atoms in total. The summed E-state index contributed by atoms with van der Waals surface area (Å²) in [4.78, 5) is 0. The van der Waals surface area contributed by atoms with Gasteiger partial charge in [0.1, 0.15) is 0 Å². The minimum absolute atomic E-state index is 0.0274. The predicted octanol–water partition coefficient (Wildman–Crippen LogP) is 1.86. The minimum Gasteiger partial charge on any atom is -0.392 e. The molecule has 2 saturated carbocycles. The van der Waals surface area contributed by atoms with Crippen LogP contribution in [-0.2, 0) is 0 Å². The summed E-state index contributed by atoms with van der Waals surface area (Å²) in [5, 5.41) is 40.7. The van der Waals surface area contributed by atoms with Gasteiger partial charge in [-0.05, 0) is 55.4 Å². The summed E-state index contributed by atoms with van der Waals surface area (Å²) in [6, 6.07) is 0. The average molecular weight is 318 g/mol. The van der Waals surface area contributed by atoms with Crippen molar-refractivity contribution in [1.29, 1.82) is 0 Å². The van der Waals surface area contributed by atoms with Gasteiger partial charge in [0.25, 0.3) is 5.97 Å². The van der Waals surface area contributed by atoms with Crippen molar-refractivity contribution in [3.63, 3.8) is 0 Å². The molecule has 0 saturated heterocycles. The largest absolute Gasteiger partial charge is 0.392 e. The van der Waals surface area contributed by atoms with Gasteiger partial charge >= 0.3 is 0 Å². The lowest BCUT2D eigenvalue weighted by molar-refractivity contribution is -0.404. The third-order valence-electron chi connectivity index (χ3n) is 7.37. The van der Waals surface area contributed by atoms with E-state index in [9.17, 15) is 20.4 Å². The van der Waals surface area contributed by atoms with Crippen LogP contribution in [0.2, 0.25) is 0 Å². The van der Waals surface area contributed by atoms with Crippen LogP contribution in [0.25, 0.3) is 0 Å². The molecular formula is C19H26O4. The molecule has 0 aromatic rings. The van der Waals surface area contributed by atoms with Crippen LogP contribution in [0, 0.1) is 28.6 Å². The molecule has 0 bridgehead atoms. The minimum atomic E-state index is -2.81. The van der Waals surface area contributed by atoms with E-state index in [1.165, 1.54) is 5.57 Å². The molecule has 0 aromatic heterocycles. The van der Waals surface area contributed by atoms with Crippen LogP contribution >= 0.6 is 0 Å². The first-order valence-electron chi connectivity index (χ1n) is 8.72. The van der Waals surface area contributed by atoms with Crippen molar-refractivity contribution in [2.45, 2.75) is 51.1 Å². The van der Waals surface area contributed by atoms with Gasteiger partial charge in [0.2, 0.25) is 0 Å². The van der Waals surface area contributed by atoms with Crippen molar-refractivity contribution >= 4 is 0 Å². The number of aliphatic hydroxyl groups is 4. The molecular weight excluding hydrogens is 292 g/mol. The molecule has 0 aromatic carbocycles. The number of hydrogen-bond donors (Lipinski definition) is 4. The average Bonchev–Trinajstić information content (AvgIpc) is 2.85. The third kappa shape index (κ3) is 1.86. The quantitative estimate of drug-likeness (QED) is 0.556. The van der Waals surface area contributed by atoms with E-state index in [-0.39, 0.29) is 17.3 Å². The maximum absolute atomic E-state index is 10.5. The number of allylic oxidation sites excluding steroid dienone is 6. The molecule has 0 spiro atoms. The molecule has 0 amide bonds. The second-order valence-corrected chi connectivity index (χ2v) is 8.08. The molecule has 4 aliphatic carbocycles. The van der Waals surface area contributed by atoms with Gasteiger partial charge < -0.3 is 20.4 Å². The van der Waals surface area contributed by atoms with E-state index in [1.807, 2.05) is 0 Å². The van der Waals surface area contributed by atoms with E-state index in [2.05, 4.69) is 37.3 Å². The number of hydrogen-bond acceptors (Lipinski definition) is 4. The van der Waals surface area contributed by atoms with Crippen LogP contribution in [0.15, 0.2) is 36.0 Å². The van der Waals surface area contributed by atoms with Crippen LogP contribution in [-0.4, -0.2) is 32.5 Å². The first kappa shape index (κ1) is 15.6. The van der Waals surface area contributed by atoms with Gasteiger partial charge in [-0.25, -0.2) is 0 Å². The molecule has 126 valence electrons. The van der Waals surface area contributed by atoms with Gasteiger partial charge in [-0.15, -0.1) is 0 Å². The molecule has 0 aliphatic heterocycles. The van der Waals surface area contributed by atoms with Crippen LogP contribution in [0.3, 0.4) is 0 Å². The lowest BCUT2D eigenvalue weighted by Gasteiger charge is -2.57. The van der Waals surface area contributed by atoms with E-state index >= 15 is 0 Å². The monoisotopic (exact) mass is 318 g/mol. The Labute approximate surface area is 136 Å². The predicted molar refractivity (Wildman–Crippen MR) is 85.9 cm³/mol. The van der Waals surface area contributed by atoms with Gasteiger partial charge in [-0.3, -0.25) is 0 Å². The Morgan fingerprint density at radius 2 is 1.87 bits per heavy atom. The molecule has 0 radical (unpaired) electrons. The summed E-state index contributed by atoms with van der Waals surface area (Å²) in [5.41, 5.74) is 0.111. The summed E-state index contributed by atoms with van der Waals surface area (Å²) in [6.07, 6.45) is 13.4. The Kier molecular flexibility index (Phi) is 3.24. The third-order valence-corrected chi connectivity index (χ3v) is 7.37. The Hall–Kier alpha value is -0.940. The molecule has 6 atom stereocenters. The van der Waals surface area contributed by atoms with E-state index in [4.69, 9.17) is 0 Å². The van der Waals surface area contributed by atoms with E-state index < -0.39 is 17.5 Å². The van der Waals surface area contributed by atoms with Gasteiger partial charge in [-0.1, -0.05) is 37.3 Å². The summed E-state index contributed by atoms with van der Waals surface area (Å²) >= 11 is 0. The zero-order valence-electron chi connectivity index (χ0n) is 13.5. The maximum Gasteiger partial charge on any atom is 0.284 e. The summed E-state index contributed by atoms with van der Waals surface area (Å²) in [6.45, 7) is 2.26. The first-order valence-corrected chi connectivity index (χ1v) is 8.72. The van der Waals surface area contributed by atoms with Crippen LogP contribution in [0.4, 0.5) is 0 Å². The van der Waals surface area contributed by atoms with Gasteiger partial charge in [-0.2, -0.15) is 0 Å². The molecule has 4 heteroatoms. The van der Waals surface area contributed by atoms with E-state index in [0.29, 0.717) is 18.8 Å². The zero-order chi connectivity index (χ0) is 16.5. The summed E-state index contributed by atoms with van der Waals surface area (Å²) in [5.74, 6) is -2.21. The Morgan fingerprint density at radius 3 is 2.61 bits per heavy atom. The van der Waals surface area contributed by atoms with Crippen molar-refractivity contribution in [3.05, 3.63) is 36.0 Å². The zero-order valence-corrected chi connectivity index (χ0v) is 13.5. The fraction of sp³-hybridized carbons (Fsp3) is 0.684. The van der Waals surface area contributed by atoms with Gasteiger partial charge in [0.15, 0.2) is 0 Å². The highest BCUT2D eigenvalue weighted by atomic mass is 16.7. The van der Waals surface area contributed by atoms with Crippen molar-refractivity contribution in [2.75, 3.05) is 0 Å². The number of rotatable bonds is 1. The number of aliphatic hydroxyl groups excluding tert-OH is 1. The van der Waals surface area contributed by atoms with Crippen LogP contribution in [0.5, 0.6) is 0 Å². The van der Waals surface area contributed by atoms with Gasteiger partial charge in [0, 0.05) is 5.41 Å². The van der Waals surface area contributed by atoms with E-state index in [0.717, 1.165) is 19.3 Å². The molecule has 4 aliphatic rings. The second-order valence-electron chi connectivity index (χ2n) is 8.08. The molecule has 4 N–H and O–H groups in total. The molecule has 4 rings (SSSR count). The summed E-state index contributed by atoms with van der Waals surface area (Å²) < 4.78 is 0. The van der Waals surface area contributed by atoms with E-state index in [1.54, 1.807) is 0 Å². The van der Waals surface area contributed by atoms with Gasteiger partial charge in [0.05, 0.1) is 11.5 Å². The second kappa shape index (κ2) is 4.79. The maximum atomic E-state index is 10.5. The number of fused-ring (bicyclic) bond motifs is 5. The Morgan fingerprint density at radius 1 is 1.09 bits per heavy atom. The first-order chi connectivity index (χ1) is 10.8. The molecule has 1 unspecified atom stereocenters. The van der Waals surface area contributed by atoms with Crippen molar-refractivity contribution in [2.24, 2.45) is 28.6 Å². The Bertz CT molecular complexity index is 599. The molecule has 0 heterocycles.